The summed E-state index contributed by atoms with van der Waals surface area (Å²) in [6.45, 7) is 1.35. The summed E-state index contributed by atoms with van der Waals surface area (Å²) < 4.78 is 5.61. The molecule has 1 N–H and O–H groups in total. The molecule has 1 aliphatic rings. The minimum atomic E-state index is -0.138. The van der Waals surface area contributed by atoms with Crippen LogP contribution in [0.5, 0.6) is 0 Å². The van der Waals surface area contributed by atoms with Crippen molar-refractivity contribution in [3.63, 3.8) is 0 Å². The summed E-state index contributed by atoms with van der Waals surface area (Å²) in [5, 5.41) is 9.61. The minimum Gasteiger partial charge on any atom is -0.393 e. The van der Waals surface area contributed by atoms with Gasteiger partial charge in [-0.15, -0.1) is 0 Å². The second kappa shape index (κ2) is 5.29. The fourth-order valence-corrected chi connectivity index (χ4v) is 2.11. The van der Waals surface area contributed by atoms with Gasteiger partial charge in [-0.1, -0.05) is 36.8 Å². The molecule has 2 heteroatoms. The zero-order valence-corrected chi connectivity index (χ0v) is 8.93. The minimum absolute atomic E-state index is 0.138. The number of hydrogen-bond acceptors (Lipinski definition) is 2. The average Bonchev–Trinajstić information content (AvgIpc) is 2.66. The smallest absolute Gasteiger partial charge is 0.0717 e. The van der Waals surface area contributed by atoms with Gasteiger partial charge >= 0.3 is 0 Å². The molecule has 0 aliphatic heterocycles. The zero-order chi connectivity index (χ0) is 10.5. The maximum atomic E-state index is 9.61. The SMILES string of the molecule is O[C@@H]1CCC[C@@H]1COCc1ccccc1. The summed E-state index contributed by atoms with van der Waals surface area (Å²) in [7, 11) is 0. The maximum Gasteiger partial charge on any atom is 0.0717 e. The van der Waals surface area contributed by atoms with Crippen LogP contribution in [0.3, 0.4) is 0 Å². The molecule has 0 radical (unpaired) electrons. The van der Waals surface area contributed by atoms with E-state index in [9.17, 15) is 5.11 Å². The number of benzene rings is 1. The fourth-order valence-electron chi connectivity index (χ4n) is 2.11. The molecule has 0 amide bonds. The summed E-state index contributed by atoms with van der Waals surface area (Å²) in [4.78, 5) is 0. The lowest BCUT2D eigenvalue weighted by Crippen LogP contribution is -2.18. The third-order valence-corrected chi connectivity index (χ3v) is 3.06. The lowest BCUT2D eigenvalue weighted by atomic mass is 10.1. The lowest BCUT2D eigenvalue weighted by molar-refractivity contribution is 0.0367. The van der Waals surface area contributed by atoms with E-state index in [0.29, 0.717) is 19.1 Å². The molecule has 1 aliphatic carbocycles. The van der Waals surface area contributed by atoms with Gasteiger partial charge in [-0.25, -0.2) is 0 Å². The number of rotatable bonds is 4. The molecule has 2 nitrogen and oxygen atoms in total. The van der Waals surface area contributed by atoms with Gasteiger partial charge in [0.15, 0.2) is 0 Å². The van der Waals surface area contributed by atoms with Crippen LogP contribution in [0.2, 0.25) is 0 Å². The Morgan fingerprint density at radius 2 is 2.00 bits per heavy atom. The molecule has 0 unspecified atom stereocenters. The van der Waals surface area contributed by atoms with E-state index in [0.717, 1.165) is 19.3 Å². The first-order chi connectivity index (χ1) is 7.36. The van der Waals surface area contributed by atoms with Gasteiger partial charge < -0.3 is 9.84 Å². The van der Waals surface area contributed by atoms with Crippen molar-refractivity contribution in [2.75, 3.05) is 6.61 Å². The van der Waals surface area contributed by atoms with Gasteiger partial charge in [0.1, 0.15) is 0 Å². The van der Waals surface area contributed by atoms with Gasteiger partial charge in [-0.2, -0.15) is 0 Å². The zero-order valence-electron chi connectivity index (χ0n) is 8.93. The van der Waals surface area contributed by atoms with Gasteiger partial charge in [0.2, 0.25) is 0 Å². The van der Waals surface area contributed by atoms with Crippen LogP contribution >= 0.6 is 0 Å². The summed E-state index contributed by atoms with van der Waals surface area (Å²) >= 11 is 0. The van der Waals surface area contributed by atoms with Gasteiger partial charge in [-0.3, -0.25) is 0 Å². The van der Waals surface area contributed by atoms with Crippen LogP contribution in [-0.4, -0.2) is 17.8 Å². The van der Waals surface area contributed by atoms with E-state index < -0.39 is 0 Å². The van der Waals surface area contributed by atoms with Crippen LogP contribution in [0, 0.1) is 5.92 Å². The Morgan fingerprint density at radius 1 is 1.20 bits per heavy atom. The molecule has 1 fully saturated rings. The molecule has 0 bridgehead atoms. The average molecular weight is 206 g/mol. The van der Waals surface area contributed by atoms with Crippen molar-refractivity contribution in [3.8, 4) is 0 Å². The molecule has 0 saturated heterocycles. The summed E-state index contributed by atoms with van der Waals surface area (Å²) in [5.74, 6) is 0.355. The summed E-state index contributed by atoms with van der Waals surface area (Å²) in [5.41, 5.74) is 1.20. The Morgan fingerprint density at radius 3 is 2.67 bits per heavy atom. The molecular formula is C13H18O2. The molecule has 0 spiro atoms. The van der Waals surface area contributed by atoms with Gasteiger partial charge in [0, 0.05) is 5.92 Å². The third-order valence-electron chi connectivity index (χ3n) is 3.06. The first-order valence-corrected chi connectivity index (χ1v) is 5.66. The number of aliphatic hydroxyl groups excluding tert-OH is 1. The van der Waals surface area contributed by atoms with Crippen molar-refractivity contribution in [1.82, 2.24) is 0 Å². The Hall–Kier alpha value is -0.860. The quantitative estimate of drug-likeness (QED) is 0.819. The van der Waals surface area contributed by atoms with E-state index in [-0.39, 0.29) is 6.10 Å². The Bertz CT molecular complexity index is 284. The van der Waals surface area contributed by atoms with Crippen molar-refractivity contribution in [1.29, 1.82) is 0 Å². The molecular weight excluding hydrogens is 188 g/mol. The number of hydrogen-bond donors (Lipinski definition) is 1. The molecule has 1 saturated carbocycles. The lowest BCUT2D eigenvalue weighted by Gasteiger charge is -2.14. The van der Waals surface area contributed by atoms with Crippen LogP contribution in [0.4, 0.5) is 0 Å². The predicted molar refractivity (Wildman–Crippen MR) is 59.4 cm³/mol. The first kappa shape index (κ1) is 10.7. The normalized spacial score (nSPS) is 25.7. The number of aliphatic hydroxyl groups is 1. The Kier molecular flexibility index (Phi) is 3.75. The van der Waals surface area contributed by atoms with E-state index in [1.165, 1.54) is 5.56 Å². The summed E-state index contributed by atoms with van der Waals surface area (Å²) in [6, 6.07) is 10.2. The van der Waals surface area contributed by atoms with E-state index in [2.05, 4.69) is 12.1 Å². The van der Waals surface area contributed by atoms with Crippen LogP contribution in [0.15, 0.2) is 30.3 Å². The van der Waals surface area contributed by atoms with E-state index in [4.69, 9.17) is 4.74 Å². The van der Waals surface area contributed by atoms with Crippen molar-refractivity contribution in [2.45, 2.75) is 32.0 Å². The van der Waals surface area contributed by atoms with Crippen molar-refractivity contribution in [2.24, 2.45) is 5.92 Å². The van der Waals surface area contributed by atoms with Gasteiger partial charge in [-0.05, 0) is 18.4 Å². The number of ether oxygens (including phenoxy) is 1. The molecule has 82 valence electrons. The molecule has 2 rings (SSSR count). The van der Waals surface area contributed by atoms with E-state index in [1.54, 1.807) is 0 Å². The third kappa shape index (κ3) is 3.05. The molecule has 2 atom stereocenters. The van der Waals surface area contributed by atoms with Crippen LogP contribution in [-0.2, 0) is 11.3 Å². The highest BCUT2D eigenvalue weighted by atomic mass is 16.5. The van der Waals surface area contributed by atoms with Crippen molar-refractivity contribution in [3.05, 3.63) is 35.9 Å². The van der Waals surface area contributed by atoms with Gasteiger partial charge in [0.05, 0.1) is 19.3 Å². The highest BCUT2D eigenvalue weighted by Gasteiger charge is 2.24. The predicted octanol–water partition coefficient (Wildman–Crippen LogP) is 2.36. The molecule has 0 aromatic heterocycles. The molecule has 15 heavy (non-hydrogen) atoms. The Labute approximate surface area is 90.9 Å². The monoisotopic (exact) mass is 206 g/mol. The van der Waals surface area contributed by atoms with E-state index in [1.807, 2.05) is 18.2 Å². The topological polar surface area (TPSA) is 29.5 Å². The van der Waals surface area contributed by atoms with Crippen LogP contribution in [0.25, 0.3) is 0 Å². The molecule has 1 aromatic rings. The van der Waals surface area contributed by atoms with E-state index >= 15 is 0 Å². The second-order valence-corrected chi connectivity index (χ2v) is 4.26. The van der Waals surface area contributed by atoms with Gasteiger partial charge in [0.25, 0.3) is 0 Å². The standard InChI is InChI=1S/C13H18O2/c14-13-8-4-7-12(13)10-15-9-11-5-2-1-3-6-11/h1-3,5-6,12-14H,4,7-10H2/t12-,13-/m1/s1. The largest absolute Gasteiger partial charge is 0.393 e. The van der Waals surface area contributed by atoms with Crippen LogP contribution in [0.1, 0.15) is 24.8 Å². The van der Waals surface area contributed by atoms with Crippen molar-refractivity contribution >= 4 is 0 Å². The fraction of sp³-hybridized carbons (Fsp3) is 0.538. The molecule has 1 aromatic carbocycles. The maximum absolute atomic E-state index is 9.61. The highest BCUT2D eigenvalue weighted by molar-refractivity contribution is 5.13. The van der Waals surface area contributed by atoms with Crippen LogP contribution < -0.4 is 0 Å². The first-order valence-electron chi connectivity index (χ1n) is 5.66. The summed E-state index contributed by atoms with van der Waals surface area (Å²) in [6.07, 6.45) is 3.05. The molecule has 0 heterocycles. The van der Waals surface area contributed by atoms with Crippen molar-refractivity contribution < 1.29 is 9.84 Å². The highest BCUT2D eigenvalue weighted by Crippen LogP contribution is 2.25. The Balaban J connectivity index is 1.71. The second-order valence-electron chi connectivity index (χ2n) is 4.26.